The number of benzene rings is 1. The largest absolute Gasteiger partial charge is 0.376 e. The molecule has 0 spiro atoms. The summed E-state index contributed by atoms with van der Waals surface area (Å²) >= 11 is 3.57. The standard InChI is InChI=1S/C18H20BrN3O2/c19-17-6-2-1-5-14(17)15-8-16(15)18(23)21-12-9-20-22(10-12)11-13-4-3-7-24-13/h1-2,5-6,9-10,13,15-16H,3-4,7-8,11H2,(H,21,23)/t13-,15-,16-/m0/s1. The van der Waals surface area contributed by atoms with Gasteiger partial charge in [-0.2, -0.15) is 5.10 Å². The van der Waals surface area contributed by atoms with Crippen LogP contribution in [0.3, 0.4) is 0 Å². The number of nitrogens with one attached hydrogen (secondary N) is 1. The van der Waals surface area contributed by atoms with Gasteiger partial charge in [-0.3, -0.25) is 9.48 Å². The van der Waals surface area contributed by atoms with Crippen molar-refractivity contribution in [1.82, 2.24) is 9.78 Å². The van der Waals surface area contributed by atoms with Gasteiger partial charge in [0.2, 0.25) is 5.91 Å². The smallest absolute Gasteiger partial charge is 0.228 e. The molecule has 3 atom stereocenters. The van der Waals surface area contributed by atoms with E-state index in [1.165, 1.54) is 5.56 Å². The van der Waals surface area contributed by atoms with Crippen molar-refractivity contribution < 1.29 is 9.53 Å². The van der Waals surface area contributed by atoms with E-state index in [4.69, 9.17) is 4.74 Å². The molecule has 5 nitrogen and oxygen atoms in total. The number of halogens is 1. The van der Waals surface area contributed by atoms with E-state index >= 15 is 0 Å². The summed E-state index contributed by atoms with van der Waals surface area (Å²) in [6, 6.07) is 8.12. The summed E-state index contributed by atoms with van der Waals surface area (Å²) in [5.41, 5.74) is 1.97. The zero-order chi connectivity index (χ0) is 16.5. The molecule has 1 aliphatic carbocycles. The first kappa shape index (κ1) is 15.8. The first-order valence-corrected chi connectivity index (χ1v) is 9.19. The summed E-state index contributed by atoms with van der Waals surface area (Å²) in [4.78, 5) is 12.4. The zero-order valence-corrected chi connectivity index (χ0v) is 14.9. The third-order valence-corrected chi connectivity index (χ3v) is 5.47. The van der Waals surface area contributed by atoms with E-state index in [1.54, 1.807) is 6.20 Å². The van der Waals surface area contributed by atoms with E-state index in [1.807, 2.05) is 29.1 Å². The molecule has 4 rings (SSSR count). The Labute approximate surface area is 149 Å². The minimum absolute atomic E-state index is 0.0465. The van der Waals surface area contributed by atoms with Crippen LogP contribution >= 0.6 is 15.9 Å². The van der Waals surface area contributed by atoms with Crippen LogP contribution in [-0.2, 0) is 16.1 Å². The van der Waals surface area contributed by atoms with Gasteiger partial charge in [0, 0.05) is 23.2 Å². The van der Waals surface area contributed by atoms with Crippen LogP contribution in [-0.4, -0.2) is 28.4 Å². The third-order valence-electron chi connectivity index (χ3n) is 4.75. The quantitative estimate of drug-likeness (QED) is 0.850. The third kappa shape index (κ3) is 3.39. The number of hydrogen-bond donors (Lipinski definition) is 1. The topological polar surface area (TPSA) is 56.2 Å². The zero-order valence-electron chi connectivity index (χ0n) is 13.3. The van der Waals surface area contributed by atoms with Crippen molar-refractivity contribution in [3.05, 3.63) is 46.7 Å². The molecular weight excluding hydrogens is 370 g/mol. The maximum Gasteiger partial charge on any atom is 0.228 e. The molecule has 2 aliphatic rings. The van der Waals surface area contributed by atoms with Crippen LogP contribution in [0.25, 0.3) is 0 Å². The maximum atomic E-state index is 12.4. The summed E-state index contributed by atoms with van der Waals surface area (Å²) in [5.74, 6) is 0.431. The Morgan fingerprint density at radius 2 is 2.29 bits per heavy atom. The second kappa shape index (κ2) is 6.69. The molecule has 2 heterocycles. The molecule has 1 saturated heterocycles. The van der Waals surface area contributed by atoms with Gasteiger partial charge in [0.1, 0.15) is 0 Å². The monoisotopic (exact) mass is 389 g/mol. The van der Waals surface area contributed by atoms with Gasteiger partial charge in [-0.25, -0.2) is 0 Å². The van der Waals surface area contributed by atoms with Crippen molar-refractivity contribution in [2.24, 2.45) is 5.92 Å². The van der Waals surface area contributed by atoms with Crippen molar-refractivity contribution in [1.29, 1.82) is 0 Å². The molecule has 0 radical (unpaired) electrons. The molecule has 1 aromatic carbocycles. The fourth-order valence-electron chi connectivity index (χ4n) is 3.36. The number of rotatable bonds is 5. The SMILES string of the molecule is O=C(Nc1cnn(C[C@@H]2CCCO2)c1)[C@H]1C[C@H]1c1ccccc1Br. The number of hydrogen-bond acceptors (Lipinski definition) is 3. The maximum absolute atomic E-state index is 12.4. The first-order valence-electron chi connectivity index (χ1n) is 8.40. The van der Waals surface area contributed by atoms with Gasteiger partial charge in [0.15, 0.2) is 0 Å². The lowest BCUT2D eigenvalue weighted by Gasteiger charge is -2.08. The minimum Gasteiger partial charge on any atom is -0.376 e. The normalized spacial score (nSPS) is 25.6. The number of nitrogens with zero attached hydrogens (tertiary/aromatic N) is 2. The fraction of sp³-hybridized carbons (Fsp3) is 0.444. The van der Waals surface area contributed by atoms with Gasteiger partial charge in [-0.05, 0) is 36.8 Å². The number of amides is 1. The van der Waals surface area contributed by atoms with Crippen molar-refractivity contribution in [3.63, 3.8) is 0 Å². The Hall–Kier alpha value is -1.66. The highest BCUT2D eigenvalue weighted by Crippen LogP contribution is 2.50. The summed E-state index contributed by atoms with van der Waals surface area (Å²) in [6.45, 7) is 1.59. The average molecular weight is 390 g/mol. The van der Waals surface area contributed by atoms with Crippen LogP contribution in [0.1, 0.15) is 30.7 Å². The van der Waals surface area contributed by atoms with Crippen molar-refractivity contribution >= 4 is 27.5 Å². The van der Waals surface area contributed by atoms with Crippen LogP contribution in [0.2, 0.25) is 0 Å². The number of carbonyl (C=O) groups excluding carboxylic acids is 1. The molecule has 6 heteroatoms. The summed E-state index contributed by atoms with van der Waals surface area (Å²) < 4.78 is 8.55. The van der Waals surface area contributed by atoms with E-state index in [9.17, 15) is 4.79 Å². The summed E-state index contributed by atoms with van der Waals surface area (Å²) in [5, 5.41) is 7.31. The van der Waals surface area contributed by atoms with E-state index in [0.717, 1.165) is 42.6 Å². The molecule has 1 N–H and O–H groups in total. The van der Waals surface area contributed by atoms with Crippen molar-refractivity contribution in [3.8, 4) is 0 Å². The van der Waals surface area contributed by atoms with Crippen molar-refractivity contribution in [2.45, 2.75) is 37.8 Å². The highest BCUT2D eigenvalue weighted by atomic mass is 79.9. The lowest BCUT2D eigenvalue weighted by Crippen LogP contribution is -2.16. The summed E-state index contributed by atoms with van der Waals surface area (Å²) in [7, 11) is 0. The van der Waals surface area contributed by atoms with Gasteiger partial charge < -0.3 is 10.1 Å². The molecule has 0 unspecified atom stereocenters. The van der Waals surface area contributed by atoms with Gasteiger partial charge in [-0.15, -0.1) is 0 Å². The minimum atomic E-state index is 0.0465. The predicted octanol–water partition coefficient (Wildman–Crippen LogP) is 3.57. The molecule has 1 aromatic heterocycles. The Morgan fingerprint density at radius 3 is 3.08 bits per heavy atom. The number of anilines is 1. The number of aromatic nitrogens is 2. The Morgan fingerprint density at radius 1 is 1.42 bits per heavy atom. The van der Waals surface area contributed by atoms with Gasteiger partial charge in [0.05, 0.1) is 24.5 Å². The Kier molecular flexibility index (Phi) is 4.41. The molecule has 0 bridgehead atoms. The average Bonchev–Trinajstić information content (AvgIpc) is 2.97. The van der Waals surface area contributed by atoms with Crippen LogP contribution in [0.5, 0.6) is 0 Å². The Balaban J connectivity index is 1.34. The molecule has 1 saturated carbocycles. The van der Waals surface area contributed by atoms with Crippen LogP contribution in [0.15, 0.2) is 41.1 Å². The molecule has 1 aliphatic heterocycles. The van der Waals surface area contributed by atoms with Crippen LogP contribution in [0, 0.1) is 5.92 Å². The van der Waals surface area contributed by atoms with E-state index < -0.39 is 0 Å². The molecule has 1 amide bonds. The lowest BCUT2D eigenvalue weighted by atomic mass is 10.1. The molecule has 2 fully saturated rings. The van der Waals surface area contributed by atoms with E-state index in [0.29, 0.717) is 5.92 Å². The second-order valence-corrected chi connectivity index (χ2v) is 7.40. The fourth-order valence-corrected chi connectivity index (χ4v) is 3.94. The van der Waals surface area contributed by atoms with Gasteiger partial charge >= 0.3 is 0 Å². The highest BCUT2D eigenvalue weighted by molar-refractivity contribution is 9.10. The Bertz CT molecular complexity index is 739. The lowest BCUT2D eigenvalue weighted by molar-refractivity contribution is -0.117. The van der Waals surface area contributed by atoms with E-state index in [-0.39, 0.29) is 17.9 Å². The second-order valence-electron chi connectivity index (χ2n) is 6.55. The number of ether oxygens (including phenoxy) is 1. The van der Waals surface area contributed by atoms with E-state index in [2.05, 4.69) is 32.4 Å². The van der Waals surface area contributed by atoms with Gasteiger partial charge in [-0.1, -0.05) is 34.1 Å². The first-order chi connectivity index (χ1) is 11.7. The number of carbonyl (C=O) groups is 1. The predicted molar refractivity (Wildman–Crippen MR) is 94.8 cm³/mol. The molecule has 2 aromatic rings. The van der Waals surface area contributed by atoms with Crippen molar-refractivity contribution in [2.75, 3.05) is 11.9 Å². The molecule has 126 valence electrons. The molecule has 24 heavy (non-hydrogen) atoms. The van der Waals surface area contributed by atoms with Crippen LogP contribution < -0.4 is 5.32 Å². The molecular formula is C18H20BrN3O2. The van der Waals surface area contributed by atoms with Gasteiger partial charge in [0.25, 0.3) is 0 Å². The summed E-state index contributed by atoms with van der Waals surface area (Å²) in [6.07, 6.45) is 6.94. The highest BCUT2D eigenvalue weighted by Gasteiger charge is 2.44. The van der Waals surface area contributed by atoms with Crippen LogP contribution in [0.4, 0.5) is 5.69 Å².